The molecule has 3 heteroatoms. The smallest absolute Gasteiger partial charge is 0.165 e. The standard InChI is InChI=1S/C44H27N3/c1-2-11-28(12-3-1)33-18-10-14-29-25-32(22-23-35(29)33)47-42-24-21-31(27-39(42)43-44(47)46-41-20-9-8-19-40(41)45-43)38-26-30-13-4-5-15-34(30)36-16-6-7-17-37(36)38/h1-27H. The highest BCUT2D eigenvalue weighted by molar-refractivity contribution is 6.15. The summed E-state index contributed by atoms with van der Waals surface area (Å²) >= 11 is 0. The second-order valence-electron chi connectivity index (χ2n) is 12.2. The van der Waals surface area contributed by atoms with Crippen LogP contribution in [0.15, 0.2) is 164 Å². The molecule has 0 unspecified atom stereocenters. The number of aromatic nitrogens is 3. The molecule has 0 amide bonds. The molecule has 0 N–H and O–H groups in total. The SMILES string of the molecule is c1ccc(-c2cccc3cc(-n4c5ccc(-c6cc7ccccc7c7ccccc67)cc5c5nc6ccccc6nc54)ccc23)cc1. The molecule has 3 nitrogen and oxygen atoms in total. The van der Waals surface area contributed by atoms with Gasteiger partial charge in [0.2, 0.25) is 0 Å². The van der Waals surface area contributed by atoms with Crippen molar-refractivity contribution in [1.29, 1.82) is 0 Å². The molecule has 0 aliphatic heterocycles. The second-order valence-corrected chi connectivity index (χ2v) is 12.2. The van der Waals surface area contributed by atoms with Crippen LogP contribution in [0.4, 0.5) is 0 Å². The van der Waals surface area contributed by atoms with Gasteiger partial charge in [0.05, 0.1) is 16.6 Å². The third kappa shape index (κ3) is 4.00. The lowest BCUT2D eigenvalue weighted by molar-refractivity contribution is 1.14. The Balaban J connectivity index is 1.25. The predicted molar refractivity (Wildman–Crippen MR) is 197 cm³/mol. The quantitative estimate of drug-likeness (QED) is 0.190. The van der Waals surface area contributed by atoms with Crippen LogP contribution < -0.4 is 0 Å². The fraction of sp³-hybridized carbons (Fsp3) is 0. The van der Waals surface area contributed by atoms with E-state index in [4.69, 9.17) is 9.97 Å². The van der Waals surface area contributed by atoms with Crippen molar-refractivity contribution in [3.05, 3.63) is 164 Å². The molecule has 2 heterocycles. The van der Waals surface area contributed by atoms with Gasteiger partial charge in [-0.1, -0.05) is 121 Å². The van der Waals surface area contributed by atoms with Crippen LogP contribution in [0, 0.1) is 0 Å². The number of fused-ring (bicyclic) bond motifs is 8. The summed E-state index contributed by atoms with van der Waals surface area (Å²) < 4.78 is 2.28. The van der Waals surface area contributed by atoms with Gasteiger partial charge in [0.15, 0.2) is 5.65 Å². The Morgan fingerprint density at radius 1 is 0.383 bits per heavy atom. The first kappa shape index (κ1) is 26.0. The van der Waals surface area contributed by atoms with Crippen LogP contribution in [0.3, 0.4) is 0 Å². The molecule has 0 aliphatic carbocycles. The Morgan fingerprint density at radius 2 is 1.09 bits per heavy atom. The van der Waals surface area contributed by atoms with Crippen LogP contribution >= 0.6 is 0 Å². The van der Waals surface area contributed by atoms with Crippen molar-refractivity contribution in [1.82, 2.24) is 14.5 Å². The Bertz CT molecular complexity index is 2850. The van der Waals surface area contributed by atoms with Crippen molar-refractivity contribution in [3.8, 4) is 27.9 Å². The molecule has 0 bridgehead atoms. The van der Waals surface area contributed by atoms with Crippen molar-refractivity contribution in [2.45, 2.75) is 0 Å². The minimum atomic E-state index is 0.859. The minimum Gasteiger partial charge on any atom is -0.293 e. The molecule has 2 aromatic heterocycles. The highest BCUT2D eigenvalue weighted by Gasteiger charge is 2.18. The Morgan fingerprint density at radius 3 is 1.96 bits per heavy atom. The fourth-order valence-electron chi connectivity index (χ4n) is 7.36. The highest BCUT2D eigenvalue weighted by atomic mass is 15.1. The van der Waals surface area contributed by atoms with Crippen LogP contribution in [0.1, 0.15) is 0 Å². The summed E-state index contributed by atoms with van der Waals surface area (Å²) in [5, 5.41) is 8.52. The molecule has 0 aliphatic rings. The topological polar surface area (TPSA) is 30.7 Å². The monoisotopic (exact) mass is 597 g/mol. The first-order valence-corrected chi connectivity index (χ1v) is 16.0. The maximum atomic E-state index is 5.23. The van der Waals surface area contributed by atoms with Gasteiger partial charge in [-0.15, -0.1) is 0 Å². The first-order chi connectivity index (χ1) is 23.3. The van der Waals surface area contributed by atoms with Crippen molar-refractivity contribution in [2.75, 3.05) is 0 Å². The largest absolute Gasteiger partial charge is 0.293 e. The van der Waals surface area contributed by atoms with E-state index in [1.807, 2.05) is 24.3 Å². The molecule has 0 radical (unpaired) electrons. The zero-order chi connectivity index (χ0) is 30.9. The van der Waals surface area contributed by atoms with Gasteiger partial charge in [-0.2, -0.15) is 0 Å². The number of nitrogens with zero attached hydrogens (tertiary/aromatic N) is 3. The predicted octanol–water partition coefficient (Wildman–Crippen LogP) is 11.5. The maximum absolute atomic E-state index is 5.23. The highest BCUT2D eigenvalue weighted by Crippen LogP contribution is 2.39. The van der Waals surface area contributed by atoms with E-state index >= 15 is 0 Å². The molecule has 0 saturated heterocycles. The van der Waals surface area contributed by atoms with Gasteiger partial charge in [0.1, 0.15) is 5.52 Å². The van der Waals surface area contributed by atoms with Gasteiger partial charge in [-0.05, 0) is 97.0 Å². The average Bonchev–Trinajstić information content (AvgIpc) is 3.45. The van der Waals surface area contributed by atoms with Crippen molar-refractivity contribution < 1.29 is 0 Å². The second kappa shape index (κ2) is 10.1. The summed E-state index contributed by atoms with van der Waals surface area (Å²) in [6.45, 7) is 0. The molecule has 0 saturated carbocycles. The zero-order valence-electron chi connectivity index (χ0n) is 25.4. The Kier molecular flexibility index (Phi) is 5.57. The lowest BCUT2D eigenvalue weighted by atomic mass is 9.93. The van der Waals surface area contributed by atoms with E-state index in [9.17, 15) is 0 Å². The van der Waals surface area contributed by atoms with E-state index in [0.29, 0.717) is 0 Å². The lowest BCUT2D eigenvalue weighted by Crippen LogP contribution is -1.97. The van der Waals surface area contributed by atoms with Crippen LogP contribution in [-0.2, 0) is 0 Å². The molecule has 0 fully saturated rings. The van der Waals surface area contributed by atoms with E-state index in [0.717, 1.165) is 38.8 Å². The summed E-state index contributed by atoms with van der Waals surface area (Å²) in [5.41, 5.74) is 10.5. The van der Waals surface area contributed by atoms with E-state index in [-0.39, 0.29) is 0 Å². The van der Waals surface area contributed by atoms with E-state index in [1.165, 1.54) is 54.6 Å². The van der Waals surface area contributed by atoms with Gasteiger partial charge < -0.3 is 0 Å². The molecule has 47 heavy (non-hydrogen) atoms. The number of hydrogen-bond donors (Lipinski definition) is 0. The van der Waals surface area contributed by atoms with Crippen molar-refractivity contribution in [3.63, 3.8) is 0 Å². The number of hydrogen-bond acceptors (Lipinski definition) is 2. The number of benzene rings is 8. The molecular formula is C44H27N3. The Labute approximate surface area is 271 Å². The fourth-order valence-corrected chi connectivity index (χ4v) is 7.36. The molecule has 218 valence electrons. The Hall–Kier alpha value is -6.32. The van der Waals surface area contributed by atoms with Gasteiger partial charge in [0.25, 0.3) is 0 Å². The molecule has 10 aromatic rings. The van der Waals surface area contributed by atoms with Crippen molar-refractivity contribution in [2.24, 2.45) is 0 Å². The molecule has 0 spiro atoms. The summed E-state index contributed by atoms with van der Waals surface area (Å²) in [5.74, 6) is 0. The third-order valence-electron chi connectivity index (χ3n) is 9.54. The van der Waals surface area contributed by atoms with Crippen LogP contribution in [0.25, 0.3) is 93.4 Å². The summed E-state index contributed by atoms with van der Waals surface area (Å²) in [6, 6.07) is 58.5. The van der Waals surface area contributed by atoms with Crippen molar-refractivity contribution >= 4 is 65.4 Å². The average molecular weight is 598 g/mol. The van der Waals surface area contributed by atoms with Gasteiger partial charge in [0, 0.05) is 11.1 Å². The summed E-state index contributed by atoms with van der Waals surface area (Å²) in [4.78, 5) is 10.5. The molecule has 10 rings (SSSR count). The lowest BCUT2D eigenvalue weighted by Gasteiger charge is -2.13. The summed E-state index contributed by atoms with van der Waals surface area (Å²) in [7, 11) is 0. The number of para-hydroxylation sites is 2. The molecule has 0 atom stereocenters. The van der Waals surface area contributed by atoms with Crippen LogP contribution in [-0.4, -0.2) is 14.5 Å². The first-order valence-electron chi connectivity index (χ1n) is 16.0. The number of rotatable bonds is 3. The minimum absolute atomic E-state index is 0.859. The van der Waals surface area contributed by atoms with E-state index in [2.05, 4.69) is 144 Å². The van der Waals surface area contributed by atoms with Gasteiger partial charge in [-0.3, -0.25) is 4.57 Å². The van der Waals surface area contributed by atoms with Crippen LogP contribution in [0.2, 0.25) is 0 Å². The maximum Gasteiger partial charge on any atom is 0.165 e. The van der Waals surface area contributed by atoms with Crippen LogP contribution in [0.5, 0.6) is 0 Å². The van der Waals surface area contributed by atoms with Gasteiger partial charge >= 0.3 is 0 Å². The molecule has 8 aromatic carbocycles. The van der Waals surface area contributed by atoms with Gasteiger partial charge in [-0.25, -0.2) is 9.97 Å². The van der Waals surface area contributed by atoms with E-state index in [1.54, 1.807) is 0 Å². The zero-order valence-corrected chi connectivity index (χ0v) is 25.4. The summed E-state index contributed by atoms with van der Waals surface area (Å²) in [6.07, 6.45) is 0. The van der Waals surface area contributed by atoms with E-state index < -0.39 is 0 Å². The normalized spacial score (nSPS) is 11.8. The molecular weight excluding hydrogens is 571 g/mol. The third-order valence-corrected chi connectivity index (χ3v) is 9.54.